The Morgan fingerprint density at radius 2 is 1.87 bits per heavy atom. The number of halogens is 1. The highest BCUT2D eigenvalue weighted by molar-refractivity contribution is 6.29. The molecule has 5 nitrogen and oxygen atoms in total. The van der Waals surface area contributed by atoms with E-state index in [0.717, 1.165) is 0 Å². The van der Waals surface area contributed by atoms with Gasteiger partial charge in [0.25, 0.3) is 0 Å². The number of anilines is 2. The lowest BCUT2D eigenvalue weighted by Gasteiger charge is -2.02. The van der Waals surface area contributed by atoms with Crippen LogP contribution in [-0.4, -0.2) is 15.0 Å². The van der Waals surface area contributed by atoms with E-state index in [0.29, 0.717) is 17.1 Å². The van der Waals surface area contributed by atoms with E-state index in [-0.39, 0.29) is 11.1 Å². The molecule has 0 aliphatic carbocycles. The summed E-state index contributed by atoms with van der Waals surface area (Å²) in [7, 11) is 0. The zero-order valence-electron chi connectivity index (χ0n) is 7.68. The van der Waals surface area contributed by atoms with Crippen molar-refractivity contribution in [3.8, 4) is 11.4 Å². The van der Waals surface area contributed by atoms with E-state index >= 15 is 0 Å². The minimum atomic E-state index is 0.113. The van der Waals surface area contributed by atoms with E-state index in [4.69, 9.17) is 23.1 Å². The van der Waals surface area contributed by atoms with E-state index in [1.165, 1.54) is 0 Å². The molecule has 2 aromatic rings. The lowest BCUT2D eigenvalue weighted by atomic mass is 10.2. The fourth-order valence-corrected chi connectivity index (χ4v) is 1.34. The van der Waals surface area contributed by atoms with Gasteiger partial charge in [-0.25, -0.2) is 9.97 Å². The molecule has 6 heteroatoms. The molecule has 0 aromatic carbocycles. The Balaban J connectivity index is 2.54. The Morgan fingerprint density at radius 1 is 1.07 bits per heavy atom. The van der Waals surface area contributed by atoms with Gasteiger partial charge in [0.1, 0.15) is 5.15 Å². The molecule has 2 rings (SSSR count). The molecule has 0 aliphatic rings. The lowest BCUT2D eigenvalue weighted by molar-refractivity contribution is 1.17. The first kappa shape index (κ1) is 9.67. The summed E-state index contributed by atoms with van der Waals surface area (Å²) in [5.74, 6) is 0.113. The van der Waals surface area contributed by atoms with Crippen LogP contribution in [0, 0.1) is 0 Å². The summed E-state index contributed by atoms with van der Waals surface area (Å²) >= 11 is 5.75. The molecule has 0 bridgehead atoms. The molecule has 0 spiro atoms. The number of aromatic nitrogens is 3. The molecule has 0 saturated carbocycles. The summed E-state index contributed by atoms with van der Waals surface area (Å²) in [5.41, 5.74) is 12.9. The van der Waals surface area contributed by atoms with Gasteiger partial charge >= 0.3 is 0 Å². The van der Waals surface area contributed by atoms with Gasteiger partial charge in [-0.3, -0.25) is 4.98 Å². The first-order valence-corrected chi connectivity index (χ1v) is 4.55. The van der Waals surface area contributed by atoms with Crippen molar-refractivity contribution in [3.63, 3.8) is 0 Å². The van der Waals surface area contributed by atoms with Crippen LogP contribution < -0.4 is 11.5 Å². The molecule has 0 radical (unpaired) electrons. The van der Waals surface area contributed by atoms with Crippen LogP contribution in [0.4, 0.5) is 11.6 Å². The van der Waals surface area contributed by atoms with E-state index in [9.17, 15) is 0 Å². The molecule has 2 heterocycles. The van der Waals surface area contributed by atoms with E-state index in [2.05, 4.69) is 15.0 Å². The normalized spacial score (nSPS) is 10.2. The van der Waals surface area contributed by atoms with Gasteiger partial charge in [-0.05, 0) is 12.1 Å². The molecule has 0 unspecified atom stereocenters. The van der Waals surface area contributed by atoms with E-state index in [1.54, 1.807) is 24.4 Å². The summed E-state index contributed by atoms with van der Waals surface area (Å²) < 4.78 is 0. The molecule has 2 aromatic heterocycles. The minimum absolute atomic E-state index is 0.113. The smallest absolute Gasteiger partial charge is 0.222 e. The van der Waals surface area contributed by atoms with Crippen LogP contribution >= 0.6 is 11.6 Å². The number of hydrogen-bond donors (Lipinski definition) is 2. The molecule has 0 atom stereocenters. The highest BCUT2D eigenvalue weighted by Crippen LogP contribution is 2.19. The van der Waals surface area contributed by atoms with Crippen molar-refractivity contribution in [1.29, 1.82) is 0 Å². The quantitative estimate of drug-likeness (QED) is 0.710. The Hall–Kier alpha value is -1.88. The Labute approximate surface area is 91.1 Å². The summed E-state index contributed by atoms with van der Waals surface area (Å²) in [4.78, 5) is 11.9. The molecular weight excluding hydrogens is 214 g/mol. The molecule has 4 N–H and O–H groups in total. The predicted molar refractivity (Wildman–Crippen MR) is 59.1 cm³/mol. The highest BCUT2D eigenvalue weighted by atomic mass is 35.5. The SMILES string of the molecule is Nc1ccnc(-c2cc(Cl)nc(N)n2)c1. The molecule has 0 saturated heterocycles. The average molecular weight is 222 g/mol. The second-order valence-electron chi connectivity index (χ2n) is 2.91. The summed E-state index contributed by atoms with van der Waals surface area (Å²) in [6.45, 7) is 0. The number of pyridine rings is 1. The predicted octanol–water partition coefficient (Wildman–Crippen LogP) is 1.36. The first-order valence-electron chi connectivity index (χ1n) is 4.17. The van der Waals surface area contributed by atoms with Crippen LogP contribution in [0.2, 0.25) is 5.15 Å². The molecule has 76 valence electrons. The lowest BCUT2D eigenvalue weighted by Crippen LogP contribution is -1.98. The molecule has 15 heavy (non-hydrogen) atoms. The molecule has 0 fully saturated rings. The van der Waals surface area contributed by atoms with Crippen molar-refractivity contribution >= 4 is 23.2 Å². The highest BCUT2D eigenvalue weighted by Gasteiger charge is 2.04. The largest absolute Gasteiger partial charge is 0.399 e. The number of nitrogens with two attached hydrogens (primary N) is 2. The second-order valence-corrected chi connectivity index (χ2v) is 3.30. The van der Waals surface area contributed by atoms with Gasteiger partial charge in [0.05, 0.1) is 11.4 Å². The third-order valence-corrected chi connectivity index (χ3v) is 1.95. The van der Waals surface area contributed by atoms with Gasteiger partial charge in [0.15, 0.2) is 0 Å². The maximum atomic E-state index is 5.75. The van der Waals surface area contributed by atoms with Crippen molar-refractivity contribution in [1.82, 2.24) is 15.0 Å². The topological polar surface area (TPSA) is 90.7 Å². The maximum absolute atomic E-state index is 5.75. The van der Waals surface area contributed by atoms with Gasteiger partial charge in [-0.1, -0.05) is 11.6 Å². The van der Waals surface area contributed by atoms with Gasteiger partial charge in [0.2, 0.25) is 5.95 Å². The van der Waals surface area contributed by atoms with Gasteiger partial charge < -0.3 is 11.5 Å². The Bertz CT molecular complexity index is 479. The molecule has 0 amide bonds. The third-order valence-electron chi connectivity index (χ3n) is 1.76. The number of rotatable bonds is 1. The number of nitrogen functional groups attached to an aromatic ring is 2. The van der Waals surface area contributed by atoms with Crippen molar-refractivity contribution in [2.24, 2.45) is 0 Å². The van der Waals surface area contributed by atoms with Gasteiger partial charge in [-0.2, -0.15) is 0 Å². The minimum Gasteiger partial charge on any atom is -0.399 e. The zero-order valence-corrected chi connectivity index (χ0v) is 8.44. The molecular formula is C9H8ClN5. The van der Waals surface area contributed by atoms with Gasteiger partial charge in [-0.15, -0.1) is 0 Å². The Kier molecular flexibility index (Phi) is 2.39. The standard InChI is InChI=1S/C9H8ClN5/c10-8-4-7(14-9(12)15-8)6-3-5(11)1-2-13-6/h1-4H,(H2,11,13)(H2,12,14,15). The fourth-order valence-electron chi connectivity index (χ4n) is 1.15. The van der Waals surface area contributed by atoms with Crippen molar-refractivity contribution in [2.75, 3.05) is 11.5 Å². The summed E-state index contributed by atoms with van der Waals surface area (Å²) in [5, 5.41) is 0.279. The van der Waals surface area contributed by atoms with Crippen LogP contribution in [0.1, 0.15) is 0 Å². The van der Waals surface area contributed by atoms with Crippen LogP contribution in [0.25, 0.3) is 11.4 Å². The second kappa shape index (κ2) is 3.70. The van der Waals surface area contributed by atoms with Crippen LogP contribution in [-0.2, 0) is 0 Å². The maximum Gasteiger partial charge on any atom is 0.222 e. The van der Waals surface area contributed by atoms with Crippen molar-refractivity contribution in [2.45, 2.75) is 0 Å². The monoisotopic (exact) mass is 221 g/mol. The molecule has 0 aliphatic heterocycles. The van der Waals surface area contributed by atoms with Crippen LogP contribution in [0.5, 0.6) is 0 Å². The first-order chi connectivity index (χ1) is 7.15. The number of nitrogens with zero attached hydrogens (tertiary/aromatic N) is 3. The zero-order chi connectivity index (χ0) is 10.8. The summed E-state index contributed by atoms with van der Waals surface area (Å²) in [6, 6.07) is 4.97. The van der Waals surface area contributed by atoms with Crippen molar-refractivity contribution < 1.29 is 0 Å². The van der Waals surface area contributed by atoms with Crippen LogP contribution in [0.15, 0.2) is 24.4 Å². The number of hydrogen-bond acceptors (Lipinski definition) is 5. The third kappa shape index (κ3) is 2.13. The Morgan fingerprint density at radius 3 is 2.53 bits per heavy atom. The van der Waals surface area contributed by atoms with Crippen molar-refractivity contribution in [3.05, 3.63) is 29.5 Å². The van der Waals surface area contributed by atoms with E-state index in [1.807, 2.05) is 0 Å². The fraction of sp³-hybridized carbons (Fsp3) is 0. The summed E-state index contributed by atoms with van der Waals surface area (Å²) in [6.07, 6.45) is 1.59. The van der Waals surface area contributed by atoms with Crippen LogP contribution in [0.3, 0.4) is 0 Å². The average Bonchev–Trinajstić information content (AvgIpc) is 2.16. The van der Waals surface area contributed by atoms with Gasteiger partial charge in [0, 0.05) is 18.0 Å². The van der Waals surface area contributed by atoms with E-state index < -0.39 is 0 Å².